The van der Waals surface area contributed by atoms with Crippen LogP contribution in [0.1, 0.15) is 10.4 Å². The van der Waals surface area contributed by atoms with Crippen molar-refractivity contribution in [3.63, 3.8) is 0 Å². The Kier molecular flexibility index (Phi) is 2.56. The lowest BCUT2D eigenvalue weighted by atomic mass is 10.1. The number of rotatable bonds is 1. The largest absolute Gasteiger partial charge is 0.465 e. The minimum Gasteiger partial charge on any atom is -0.465 e. The van der Waals surface area contributed by atoms with Gasteiger partial charge in [-0.15, -0.1) is 0 Å². The summed E-state index contributed by atoms with van der Waals surface area (Å²) in [6, 6.07) is 7.15. The second-order valence-electron chi connectivity index (χ2n) is 2.99. The number of nitrogens with zero attached hydrogens (tertiary/aromatic N) is 1. The van der Waals surface area contributed by atoms with Crippen LogP contribution in [0, 0.1) is 0 Å². The second-order valence-corrected chi connectivity index (χ2v) is 3.40. The number of carbonyl (C=O) groups is 1. The average Bonchev–Trinajstić information content (AvgIpc) is 2.28. The molecular formula is C11H8ClNO2. The summed E-state index contributed by atoms with van der Waals surface area (Å²) in [6.07, 6.45) is 1.62. The summed E-state index contributed by atoms with van der Waals surface area (Å²) >= 11 is 5.94. The van der Waals surface area contributed by atoms with E-state index in [9.17, 15) is 4.79 Å². The van der Waals surface area contributed by atoms with Gasteiger partial charge in [-0.1, -0.05) is 23.7 Å². The summed E-state index contributed by atoms with van der Waals surface area (Å²) in [6.45, 7) is 0. The zero-order chi connectivity index (χ0) is 10.8. The zero-order valence-corrected chi connectivity index (χ0v) is 8.78. The molecule has 0 unspecified atom stereocenters. The molecule has 0 aliphatic rings. The molecule has 0 N–H and O–H groups in total. The zero-order valence-electron chi connectivity index (χ0n) is 8.03. The van der Waals surface area contributed by atoms with E-state index in [2.05, 4.69) is 9.72 Å². The van der Waals surface area contributed by atoms with E-state index in [-0.39, 0.29) is 0 Å². The van der Waals surface area contributed by atoms with E-state index in [0.29, 0.717) is 16.1 Å². The van der Waals surface area contributed by atoms with Gasteiger partial charge in [0.15, 0.2) is 0 Å². The highest BCUT2D eigenvalue weighted by Crippen LogP contribution is 2.24. The summed E-state index contributed by atoms with van der Waals surface area (Å²) in [4.78, 5) is 15.6. The summed E-state index contributed by atoms with van der Waals surface area (Å²) < 4.78 is 4.66. The van der Waals surface area contributed by atoms with Crippen molar-refractivity contribution in [3.8, 4) is 0 Å². The minimum atomic E-state index is -0.468. The van der Waals surface area contributed by atoms with Crippen LogP contribution in [0.5, 0.6) is 0 Å². The third-order valence-electron chi connectivity index (χ3n) is 2.11. The first-order valence-corrected chi connectivity index (χ1v) is 4.73. The van der Waals surface area contributed by atoms with E-state index >= 15 is 0 Å². The minimum absolute atomic E-state index is 0.317. The molecule has 0 amide bonds. The Hall–Kier alpha value is -1.61. The van der Waals surface area contributed by atoms with Gasteiger partial charge in [0.25, 0.3) is 0 Å². The topological polar surface area (TPSA) is 39.2 Å². The Labute approximate surface area is 91.6 Å². The Morgan fingerprint density at radius 2 is 2.20 bits per heavy atom. The fourth-order valence-electron chi connectivity index (χ4n) is 1.42. The predicted octanol–water partition coefficient (Wildman–Crippen LogP) is 2.67. The molecule has 0 fully saturated rings. The molecular weight excluding hydrogens is 214 g/mol. The highest BCUT2D eigenvalue weighted by Gasteiger charge is 2.15. The van der Waals surface area contributed by atoms with Crippen molar-refractivity contribution in [2.75, 3.05) is 7.11 Å². The normalized spacial score (nSPS) is 10.3. The molecule has 0 saturated carbocycles. The number of esters is 1. The lowest BCUT2D eigenvalue weighted by Crippen LogP contribution is -2.03. The summed E-state index contributed by atoms with van der Waals surface area (Å²) in [5, 5.41) is 1.22. The number of halogens is 1. The van der Waals surface area contributed by atoms with Crippen LogP contribution < -0.4 is 0 Å². The van der Waals surface area contributed by atoms with E-state index in [1.54, 1.807) is 18.3 Å². The number of hydrogen-bond donors (Lipinski definition) is 0. The lowest BCUT2D eigenvalue weighted by molar-refractivity contribution is 0.0603. The van der Waals surface area contributed by atoms with Gasteiger partial charge in [-0.05, 0) is 12.1 Å². The highest BCUT2D eigenvalue weighted by atomic mass is 35.5. The van der Waals surface area contributed by atoms with Crippen molar-refractivity contribution in [3.05, 3.63) is 41.0 Å². The van der Waals surface area contributed by atoms with Crippen LogP contribution in [0.15, 0.2) is 30.5 Å². The molecule has 4 heteroatoms. The van der Waals surface area contributed by atoms with Crippen LogP contribution in [0.3, 0.4) is 0 Å². The van der Waals surface area contributed by atoms with Crippen molar-refractivity contribution in [1.29, 1.82) is 0 Å². The third kappa shape index (κ3) is 1.66. The molecule has 1 heterocycles. The van der Waals surface area contributed by atoms with Gasteiger partial charge in [0.1, 0.15) is 5.56 Å². The van der Waals surface area contributed by atoms with Crippen LogP contribution in [-0.2, 0) is 4.74 Å². The Morgan fingerprint density at radius 1 is 1.40 bits per heavy atom. The Bertz CT molecular complexity index is 525. The maximum absolute atomic E-state index is 11.5. The number of benzene rings is 1. The van der Waals surface area contributed by atoms with Crippen molar-refractivity contribution < 1.29 is 9.53 Å². The molecule has 0 aliphatic heterocycles. The van der Waals surface area contributed by atoms with Gasteiger partial charge in [0.2, 0.25) is 0 Å². The summed E-state index contributed by atoms with van der Waals surface area (Å²) in [5.74, 6) is -0.468. The number of hydrogen-bond acceptors (Lipinski definition) is 3. The van der Waals surface area contributed by atoms with E-state index < -0.39 is 5.97 Å². The summed E-state index contributed by atoms with van der Waals surface area (Å²) in [5.41, 5.74) is 0.883. The highest BCUT2D eigenvalue weighted by molar-refractivity contribution is 6.35. The maximum Gasteiger partial charge on any atom is 0.341 e. The number of carbonyl (C=O) groups excluding carboxylic acids is 1. The number of aromatic nitrogens is 1. The van der Waals surface area contributed by atoms with E-state index in [1.165, 1.54) is 7.11 Å². The van der Waals surface area contributed by atoms with Gasteiger partial charge in [-0.2, -0.15) is 0 Å². The van der Waals surface area contributed by atoms with Gasteiger partial charge >= 0.3 is 5.97 Å². The molecule has 2 aromatic rings. The molecule has 3 nitrogen and oxygen atoms in total. The first kappa shape index (κ1) is 9.93. The molecule has 2 rings (SSSR count). The molecule has 0 atom stereocenters. The third-order valence-corrected chi connectivity index (χ3v) is 2.43. The van der Waals surface area contributed by atoms with Crippen molar-refractivity contribution in [2.45, 2.75) is 0 Å². The molecule has 76 valence electrons. The van der Waals surface area contributed by atoms with Gasteiger partial charge in [0.05, 0.1) is 17.6 Å². The van der Waals surface area contributed by atoms with Crippen LogP contribution in [0.25, 0.3) is 10.9 Å². The number of methoxy groups -OCH3 is 1. The van der Waals surface area contributed by atoms with Crippen molar-refractivity contribution >= 4 is 28.5 Å². The fraction of sp³-hybridized carbons (Fsp3) is 0.0909. The smallest absolute Gasteiger partial charge is 0.341 e. The lowest BCUT2D eigenvalue weighted by Gasteiger charge is -2.05. The molecule has 15 heavy (non-hydrogen) atoms. The van der Waals surface area contributed by atoms with E-state index in [4.69, 9.17) is 11.6 Å². The monoisotopic (exact) mass is 221 g/mol. The fourth-order valence-corrected chi connectivity index (χ4v) is 1.65. The van der Waals surface area contributed by atoms with Gasteiger partial charge in [-0.3, -0.25) is 4.98 Å². The molecule has 0 bridgehead atoms. The van der Waals surface area contributed by atoms with Gasteiger partial charge in [-0.25, -0.2) is 4.79 Å². The first-order valence-electron chi connectivity index (χ1n) is 4.35. The van der Waals surface area contributed by atoms with Gasteiger partial charge < -0.3 is 4.74 Å². The molecule has 0 aliphatic carbocycles. The second kappa shape index (κ2) is 3.87. The number of ether oxygens (including phenoxy) is 1. The first-order chi connectivity index (χ1) is 7.24. The number of pyridine rings is 1. The van der Waals surface area contributed by atoms with Crippen LogP contribution in [0.4, 0.5) is 0 Å². The van der Waals surface area contributed by atoms with E-state index in [0.717, 1.165) is 5.39 Å². The van der Waals surface area contributed by atoms with Crippen molar-refractivity contribution in [2.24, 2.45) is 0 Å². The Balaban J connectivity index is 2.79. The predicted molar refractivity (Wildman–Crippen MR) is 58.1 cm³/mol. The SMILES string of the molecule is COC(=O)c1c(Cl)ccc2cccnc12. The average molecular weight is 222 g/mol. The van der Waals surface area contributed by atoms with Gasteiger partial charge in [0, 0.05) is 11.6 Å². The van der Waals surface area contributed by atoms with Crippen molar-refractivity contribution in [1.82, 2.24) is 4.98 Å². The molecule has 0 spiro atoms. The van der Waals surface area contributed by atoms with Crippen LogP contribution in [0.2, 0.25) is 5.02 Å². The van der Waals surface area contributed by atoms with Crippen LogP contribution >= 0.6 is 11.6 Å². The summed E-state index contributed by atoms with van der Waals surface area (Å²) in [7, 11) is 1.32. The molecule has 1 aromatic heterocycles. The van der Waals surface area contributed by atoms with Crippen LogP contribution in [-0.4, -0.2) is 18.1 Å². The quantitative estimate of drug-likeness (QED) is 0.695. The van der Waals surface area contributed by atoms with E-state index in [1.807, 2.05) is 12.1 Å². The molecule has 0 radical (unpaired) electrons. The maximum atomic E-state index is 11.5. The number of fused-ring (bicyclic) bond motifs is 1. The Morgan fingerprint density at radius 3 is 2.93 bits per heavy atom. The standard InChI is InChI=1S/C11H8ClNO2/c1-15-11(14)9-8(12)5-4-7-3-2-6-13-10(7)9/h2-6H,1H3. The molecule has 1 aromatic carbocycles. The molecule has 0 saturated heterocycles.